The van der Waals surface area contributed by atoms with Crippen LogP contribution in [-0.2, 0) is 4.79 Å². The maximum Gasteiger partial charge on any atom is 0.321 e. The van der Waals surface area contributed by atoms with Gasteiger partial charge in [0.05, 0.1) is 12.5 Å². The molecule has 1 heterocycles. The number of carbonyl (C=O) groups is 2. The molecule has 0 aliphatic carbocycles. The molecule has 2 aromatic rings. The lowest BCUT2D eigenvalue weighted by atomic mass is 9.97. The molecule has 6 heteroatoms. The van der Waals surface area contributed by atoms with Crippen molar-refractivity contribution in [1.29, 1.82) is 0 Å². The van der Waals surface area contributed by atoms with Crippen LogP contribution in [0.25, 0.3) is 0 Å². The number of carbonyl (C=O) groups excluding carboxylic acids is 2. The zero-order chi connectivity index (χ0) is 19.1. The number of para-hydroxylation sites is 1. The van der Waals surface area contributed by atoms with E-state index in [-0.39, 0.29) is 17.9 Å². The van der Waals surface area contributed by atoms with Crippen LogP contribution < -0.4 is 15.4 Å². The van der Waals surface area contributed by atoms with Gasteiger partial charge in [-0.25, -0.2) is 4.79 Å². The smallest absolute Gasteiger partial charge is 0.321 e. The summed E-state index contributed by atoms with van der Waals surface area (Å²) in [6.45, 7) is 3.61. The third-order valence-electron chi connectivity index (χ3n) is 4.54. The van der Waals surface area contributed by atoms with Gasteiger partial charge >= 0.3 is 6.03 Å². The van der Waals surface area contributed by atoms with Gasteiger partial charge in [0.2, 0.25) is 5.91 Å². The van der Waals surface area contributed by atoms with E-state index in [1.165, 1.54) is 0 Å². The molecule has 27 heavy (non-hydrogen) atoms. The minimum Gasteiger partial charge on any atom is -0.494 e. The normalized spacial score (nSPS) is 16.5. The maximum atomic E-state index is 12.6. The van der Waals surface area contributed by atoms with Crippen molar-refractivity contribution >= 4 is 23.3 Å². The van der Waals surface area contributed by atoms with Gasteiger partial charge in [0.1, 0.15) is 5.75 Å². The van der Waals surface area contributed by atoms with Gasteiger partial charge in [-0.3, -0.25) is 4.79 Å². The molecule has 0 aromatic heterocycles. The van der Waals surface area contributed by atoms with Crippen molar-refractivity contribution in [2.75, 3.05) is 30.3 Å². The van der Waals surface area contributed by atoms with Crippen LogP contribution in [-0.4, -0.2) is 36.5 Å². The number of ether oxygens (including phenoxy) is 1. The first kappa shape index (κ1) is 18.8. The van der Waals surface area contributed by atoms with Crippen molar-refractivity contribution in [2.24, 2.45) is 5.92 Å². The Labute approximate surface area is 159 Å². The van der Waals surface area contributed by atoms with Crippen LogP contribution in [0, 0.1) is 5.92 Å². The van der Waals surface area contributed by atoms with Crippen LogP contribution in [0.15, 0.2) is 54.6 Å². The van der Waals surface area contributed by atoms with E-state index in [1.807, 2.05) is 61.5 Å². The van der Waals surface area contributed by atoms with Crippen LogP contribution in [0.4, 0.5) is 16.2 Å². The highest BCUT2D eigenvalue weighted by atomic mass is 16.5. The van der Waals surface area contributed by atoms with E-state index < -0.39 is 0 Å². The minimum absolute atomic E-state index is 0.0589. The van der Waals surface area contributed by atoms with Crippen molar-refractivity contribution in [3.63, 3.8) is 0 Å². The average molecular weight is 367 g/mol. The Morgan fingerprint density at radius 1 is 1.04 bits per heavy atom. The number of hydrogen-bond donors (Lipinski definition) is 2. The summed E-state index contributed by atoms with van der Waals surface area (Å²) in [5.74, 6) is 0.500. The Balaban J connectivity index is 1.55. The third kappa shape index (κ3) is 5.23. The number of rotatable bonds is 5. The largest absolute Gasteiger partial charge is 0.494 e. The second kappa shape index (κ2) is 9.07. The summed E-state index contributed by atoms with van der Waals surface area (Å²) in [5.41, 5.74) is 1.48. The Morgan fingerprint density at radius 2 is 1.74 bits per heavy atom. The molecule has 0 saturated carbocycles. The van der Waals surface area contributed by atoms with Gasteiger partial charge in [-0.15, -0.1) is 0 Å². The van der Waals surface area contributed by atoms with E-state index in [1.54, 1.807) is 4.90 Å². The summed E-state index contributed by atoms with van der Waals surface area (Å²) in [7, 11) is 0. The zero-order valence-corrected chi connectivity index (χ0v) is 15.5. The molecule has 3 rings (SSSR count). The fourth-order valence-corrected chi connectivity index (χ4v) is 3.15. The Hall–Kier alpha value is -3.02. The van der Waals surface area contributed by atoms with Crippen LogP contribution >= 0.6 is 0 Å². The molecule has 1 aliphatic rings. The highest BCUT2D eigenvalue weighted by Gasteiger charge is 2.28. The van der Waals surface area contributed by atoms with Crippen molar-refractivity contribution in [3.05, 3.63) is 54.6 Å². The first-order valence-electron chi connectivity index (χ1n) is 9.30. The fraction of sp³-hybridized carbons (Fsp3) is 0.333. The summed E-state index contributed by atoms with van der Waals surface area (Å²) in [5, 5.41) is 5.82. The van der Waals surface area contributed by atoms with E-state index in [9.17, 15) is 9.59 Å². The number of likely N-dealkylation sites (tertiary alicyclic amines) is 1. The maximum absolute atomic E-state index is 12.6. The van der Waals surface area contributed by atoms with Gasteiger partial charge < -0.3 is 20.3 Å². The van der Waals surface area contributed by atoms with Crippen LogP contribution in [0.3, 0.4) is 0 Å². The molecule has 142 valence electrons. The molecule has 0 spiro atoms. The van der Waals surface area contributed by atoms with Crippen molar-refractivity contribution < 1.29 is 14.3 Å². The molecule has 6 nitrogen and oxygen atoms in total. The molecule has 0 radical (unpaired) electrons. The van der Waals surface area contributed by atoms with Crippen LogP contribution in [0.5, 0.6) is 5.75 Å². The average Bonchev–Trinajstić information content (AvgIpc) is 2.70. The third-order valence-corrected chi connectivity index (χ3v) is 4.54. The molecule has 1 aliphatic heterocycles. The fourth-order valence-electron chi connectivity index (χ4n) is 3.15. The first-order valence-corrected chi connectivity index (χ1v) is 9.30. The number of nitrogens with one attached hydrogen (secondary N) is 2. The summed E-state index contributed by atoms with van der Waals surface area (Å²) in [6, 6.07) is 16.5. The van der Waals surface area contributed by atoms with E-state index in [4.69, 9.17) is 4.74 Å². The van der Waals surface area contributed by atoms with Crippen molar-refractivity contribution in [1.82, 2.24) is 4.90 Å². The van der Waals surface area contributed by atoms with E-state index in [0.717, 1.165) is 30.0 Å². The predicted octanol–water partition coefficient (Wildman–Crippen LogP) is 3.97. The first-order chi connectivity index (χ1) is 13.2. The lowest BCUT2D eigenvalue weighted by Gasteiger charge is -2.32. The summed E-state index contributed by atoms with van der Waals surface area (Å²) >= 11 is 0. The van der Waals surface area contributed by atoms with Crippen molar-refractivity contribution in [2.45, 2.75) is 19.8 Å². The molecule has 1 saturated heterocycles. The molecule has 2 aromatic carbocycles. The number of urea groups is 1. The summed E-state index contributed by atoms with van der Waals surface area (Å²) in [6.07, 6.45) is 1.58. The van der Waals surface area contributed by atoms with E-state index in [2.05, 4.69) is 10.6 Å². The Kier molecular flexibility index (Phi) is 6.30. The Bertz CT molecular complexity index is 762. The number of anilines is 2. The van der Waals surface area contributed by atoms with Gasteiger partial charge in [0.25, 0.3) is 0 Å². The lowest BCUT2D eigenvalue weighted by Crippen LogP contribution is -2.45. The van der Waals surface area contributed by atoms with E-state index in [0.29, 0.717) is 19.7 Å². The molecular formula is C21H25N3O3. The van der Waals surface area contributed by atoms with Crippen LogP contribution in [0.2, 0.25) is 0 Å². The van der Waals surface area contributed by atoms with Crippen LogP contribution in [0.1, 0.15) is 19.8 Å². The van der Waals surface area contributed by atoms with Gasteiger partial charge in [0, 0.05) is 24.5 Å². The lowest BCUT2D eigenvalue weighted by molar-refractivity contribution is -0.121. The standard InChI is InChI=1S/C21H25N3O3/c1-2-27-19-12-10-18(11-13-19)22-20(25)16-7-6-14-24(15-16)21(26)23-17-8-4-3-5-9-17/h3-5,8-13,16H,2,6-7,14-15H2,1H3,(H,22,25)(H,23,26)/t16-/m0/s1. The van der Waals surface area contributed by atoms with Gasteiger partial charge in [0.15, 0.2) is 0 Å². The molecule has 1 fully saturated rings. The molecule has 3 amide bonds. The molecule has 0 unspecified atom stereocenters. The number of benzene rings is 2. The number of hydrogen-bond acceptors (Lipinski definition) is 3. The number of piperidine rings is 1. The van der Waals surface area contributed by atoms with Gasteiger partial charge in [-0.2, -0.15) is 0 Å². The quantitative estimate of drug-likeness (QED) is 0.840. The second-order valence-corrected chi connectivity index (χ2v) is 6.53. The highest BCUT2D eigenvalue weighted by molar-refractivity contribution is 5.94. The molecule has 1 atom stereocenters. The topological polar surface area (TPSA) is 70.7 Å². The predicted molar refractivity (Wildman–Crippen MR) is 106 cm³/mol. The summed E-state index contributed by atoms with van der Waals surface area (Å²) < 4.78 is 5.41. The highest BCUT2D eigenvalue weighted by Crippen LogP contribution is 2.21. The monoisotopic (exact) mass is 367 g/mol. The van der Waals surface area contributed by atoms with E-state index >= 15 is 0 Å². The summed E-state index contributed by atoms with van der Waals surface area (Å²) in [4.78, 5) is 26.8. The SMILES string of the molecule is CCOc1ccc(NC(=O)[C@H]2CCCN(C(=O)Nc3ccccc3)C2)cc1. The Morgan fingerprint density at radius 3 is 2.44 bits per heavy atom. The van der Waals surface area contributed by atoms with Gasteiger partial charge in [-0.05, 0) is 56.2 Å². The zero-order valence-electron chi connectivity index (χ0n) is 15.5. The second-order valence-electron chi connectivity index (χ2n) is 6.53. The minimum atomic E-state index is -0.216. The molecule has 0 bridgehead atoms. The molecular weight excluding hydrogens is 342 g/mol. The van der Waals surface area contributed by atoms with Crippen molar-refractivity contribution in [3.8, 4) is 5.75 Å². The van der Waals surface area contributed by atoms with Gasteiger partial charge in [-0.1, -0.05) is 18.2 Å². The number of nitrogens with zero attached hydrogens (tertiary/aromatic N) is 1. The molecule has 2 N–H and O–H groups in total. The number of amides is 3.